The van der Waals surface area contributed by atoms with Crippen LogP contribution in [-0.4, -0.2) is 36.8 Å². The van der Waals surface area contributed by atoms with Gasteiger partial charge in [-0.3, -0.25) is 5.10 Å². The number of nitrogens with one attached hydrogen (secondary N) is 2. The molecule has 0 atom stereocenters. The second kappa shape index (κ2) is 6.98. The average Bonchev–Trinajstić information content (AvgIpc) is 3.40. The molecule has 0 spiro atoms. The molecule has 0 aliphatic rings. The van der Waals surface area contributed by atoms with Crippen LogP contribution in [-0.2, 0) is 11.3 Å². The first-order valence-electron chi connectivity index (χ1n) is 7.90. The molecule has 0 saturated carbocycles. The van der Waals surface area contributed by atoms with E-state index in [1.165, 1.54) is 6.20 Å². The number of aromatic nitrogens is 6. The largest absolute Gasteiger partial charge is 0.456 e. The van der Waals surface area contributed by atoms with Crippen LogP contribution in [0.5, 0.6) is 0 Å². The summed E-state index contributed by atoms with van der Waals surface area (Å²) in [7, 11) is 0. The molecule has 0 unspecified atom stereocenters. The number of esters is 1. The third kappa shape index (κ3) is 3.20. The predicted octanol–water partition coefficient (Wildman–Crippen LogP) is 2.61. The molecule has 2 N–H and O–H groups in total. The van der Waals surface area contributed by atoms with Gasteiger partial charge in [0, 0.05) is 11.8 Å². The maximum atomic E-state index is 11.8. The third-order valence-corrected chi connectivity index (χ3v) is 3.87. The van der Waals surface area contributed by atoms with Gasteiger partial charge in [-0.15, -0.1) is 10.2 Å². The molecule has 2 aromatic carbocycles. The van der Waals surface area contributed by atoms with Crippen molar-refractivity contribution in [3.8, 4) is 22.5 Å². The van der Waals surface area contributed by atoms with Gasteiger partial charge < -0.3 is 4.74 Å². The minimum atomic E-state index is -0.436. The smallest absolute Gasteiger partial charge is 0.356 e. The summed E-state index contributed by atoms with van der Waals surface area (Å²) in [5.41, 5.74) is 4.11. The molecule has 8 heteroatoms. The molecular formula is C18H14N6O2. The van der Waals surface area contributed by atoms with Crippen LogP contribution < -0.4 is 0 Å². The molecule has 0 radical (unpaired) electrons. The first kappa shape index (κ1) is 15.7. The van der Waals surface area contributed by atoms with Crippen molar-refractivity contribution < 1.29 is 9.53 Å². The molecule has 0 amide bonds. The van der Waals surface area contributed by atoms with Gasteiger partial charge in [-0.1, -0.05) is 48.5 Å². The molecule has 0 bridgehead atoms. The van der Waals surface area contributed by atoms with Gasteiger partial charge in [-0.25, -0.2) is 4.79 Å². The van der Waals surface area contributed by atoms with E-state index in [2.05, 4.69) is 30.8 Å². The van der Waals surface area contributed by atoms with Crippen LogP contribution in [0.15, 0.2) is 60.8 Å². The average molecular weight is 346 g/mol. The highest BCUT2D eigenvalue weighted by atomic mass is 16.5. The lowest BCUT2D eigenvalue weighted by Crippen LogP contribution is -2.05. The molecule has 4 aromatic rings. The number of benzene rings is 2. The SMILES string of the molecule is O=C(OCc1ccc(-c2ccccc2-c2nn[nH]n2)cc1)c1ccn[nH]1. The van der Waals surface area contributed by atoms with Gasteiger partial charge in [0.15, 0.2) is 0 Å². The highest BCUT2D eigenvalue weighted by molar-refractivity contribution is 5.87. The van der Waals surface area contributed by atoms with Gasteiger partial charge in [-0.2, -0.15) is 10.3 Å². The zero-order chi connectivity index (χ0) is 17.8. The lowest BCUT2D eigenvalue weighted by molar-refractivity contribution is 0.0465. The van der Waals surface area contributed by atoms with Crippen LogP contribution in [0.4, 0.5) is 0 Å². The lowest BCUT2D eigenvalue weighted by atomic mass is 9.98. The van der Waals surface area contributed by atoms with E-state index in [9.17, 15) is 4.79 Å². The summed E-state index contributed by atoms with van der Waals surface area (Å²) in [5, 5.41) is 20.5. The number of carbonyl (C=O) groups excluding carboxylic acids is 1. The topological polar surface area (TPSA) is 109 Å². The molecule has 26 heavy (non-hydrogen) atoms. The Labute approximate surface area is 148 Å². The van der Waals surface area contributed by atoms with E-state index in [1.807, 2.05) is 48.5 Å². The van der Waals surface area contributed by atoms with E-state index in [-0.39, 0.29) is 6.61 Å². The Bertz CT molecular complexity index is 995. The molecule has 0 fully saturated rings. The number of H-pyrrole nitrogens is 2. The molecule has 0 aliphatic heterocycles. The molecule has 4 rings (SSSR count). The summed E-state index contributed by atoms with van der Waals surface area (Å²) in [5.74, 6) is 0.104. The zero-order valence-electron chi connectivity index (χ0n) is 13.6. The van der Waals surface area contributed by atoms with Crippen molar-refractivity contribution in [2.24, 2.45) is 0 Å². The van der Waals surface area contributed by atoms with Gasteiger partial charge in [0.25, 0.3) is 0 Å². The highest BCUT2D eigenvalue weighted by Gasteiger charge is 2.11. The molecule has 0 aliphatic carbocycles. The van der Waals surface area contributed by atoms with Crippen LogP contribution in [0.1, 0.15) is 16.1 Å². The van der Waals surface area contributed by atoms with Crippen molar-refractivity contribution in [1.29, 1.82) is 0 Å². The Morgan fingerprint density at radius 1 is 1.00 bits per heavy atom. The van der Waals surface area contributed by atoms with Gasteiger partial charge in [0.2, 0.25) is 5.82 Å². The molecular weight excluding hydrogens is 332 g/mol. The maximum Gasteiger partial charge on any atom is 0.356 e. The minimum Gasteiger partial charge on any atom is -0.456 e. The first-order chi connectivity index (χ1) is 12.8. The number of rotatable bonds is 5. The molecule has 0 saturated heterocycles. The van der Waals surface area contributed by atoms with Crippen molar-refractivity contribution in [3.63, 3.8) is 0 Å². The third-order valence-electron chi connectivity index (χ3n) is 3.87. The number of hydrogen-bond acceptors (Lipinski definition) is 6. The van der Waals surface area contributed by atoms with Crippen molar-refractivity contribution in [3.05, 3.63) is 72.1 Å². The van der Waals surface area contributed by atoms with Crippen LogP contribution in [0, 0.1) is 0 Å². The molecule has 8 nitrogen and oxygen atoms in total. The van der Waals surface area contributed by atoms with E-state index >= 15 is 0 Å². The number of aromatic amines is 2. The number of nitrogens with zero attached hydrogens (tertiary/aromatic N) is 4. The Morgan fingerprint density at radius 3 is 2.50 bits per heavy atom. The number of ether oxygens (including phenoxy) is 1. The fourth-order valence-corrected chi connectivity index (χ4v) is 2.58. The fourth-order valence-electron chi connectivity index (χ4n) is 2.58. The first-order valence-corrected chi connectivity index (χ1v) is 7.90. The normalized spacial score (nSPS) is 10.6. The van der Waals surface area contributed by atoms with E-state index in [1.54, 1.807) is 6.07 Å². The summed E-state index contributed by atoms with van der Waals surface area (Å²) in [6.07, 6.45) is 1.51. The molecule has 2 aromatic heterocycles. The van der Waals surface area contributed by atoms with Gasteiger partial charge in [0.05, 0.1) is 0 Å². The van der Waals surface area contributed by atoms with Crippen LogP contribution >= 0.6 is 0 Å². The summed E-state index contributed by atoms with van der Waals surface area (Å²) in [6.45, 7) is 0.185. The number of hydrogen-bond donors (Lipinski definition) is 2. The lowest BCUT2D eigenvalue weighted by Gasteiger charge is -2.08. The van der Waals surface area contributed by atoms with Crippen molar-refractivity contribution in [1.82, 2.24) is 30.8 Å². The van der Waals surface area contributed by atoms with Crippen LogP contribution in [0.3, 0.4) is 0 Å². The Hall–Kier alpha value is -3.81. The van der Waals surface area contributed by atoms with Crippen molar-refractivity contribution >= 4 is 5.97 Å². The monoisotopic (exact) mass is 346 g/mol. The zero-order valence-corrected chi connectivity index (χ0v) is 13.6. The van der Waals surface area contributed by atoms with Crippen LogP contribution in [0.25, 0.3) is 22.5 Å². The van der Waals surface area contributed by atoms with Crippen molar-refractivity contribution in [2.75, 3.05) is 0 Å². The summed E-state index contributed by atoms with van der Waals surface area (Å²) in [4.78, 5) is 11.8. The summed E-state index contributed by atoms with van der Waals surface area (Å²) >= 11 is 0. The van der Waals surface area contributed by atoms with Gasteiger partial charge >= 0.3 is 5.97 Å². The van der Waals surface area contributed by atoms with Crippen molar-refractivity contribution in [2.45, 2.75) is 6.61 Å². The molecule has 128 valence electrons. The highest BCUT2D eigenvalue weighted by Crippen LogP contribution is 2.29. The Morgan fingerprint density at radius 2 is 1.81 bits per heavy atom. The second-order valence-corrected chi connectivity index (χ2v) is 5.52. The Kier molecular flexibility index (Phi) is 4.21. The second-order valence-electron chi connectivity index (χ2n) is 5.52. The van der Waals surface area contributed by atoms with E-state index in [0.29, 0.717) is 11.5 Å². The fraction of sp³-hybridized carbons (Fsp3) is 0.0556. The standard InChI is InChI=1S/C18H14N6O2/c25-18(16-9-10-19-20-16)26-11-12-5-7-13(8-6-12)14-3-1-2-4-15(14)17-21-23-24-22-17/h1-10H,11H2,(H,19,20)(H,21,22,23,24). The van der Waals surface area contributed by atoms with Crippen LogP contribution in [0.2, 0.25) is 0 Å². The number of tetrazole rings is 1. The minimum absolute atomic E-state index is 0.185. The van der Waals surface area contributed by atoms with E-state index in [0.717, 1.165) is 22.3 Å². The quantitative estimate of drug-likeness (QED) is 0.538. The molecule has 2 heterocycles. The van der Waals surface area contributed by atoms with Gasteiger partial charge in [-0.05, 0) is 28.0 Å². The Balaban J connectivity index is 1.51. The van der Waals surface area contributed by atoms with E-state index < -0.39 is 5.97 Å². The summed E-state index contributed by atoms with van der Waals surface area (Å²) < 4.78 is 5.26. The number of carbonyl (C=O) groups is 1. The van der Waals surface area contributed by atoms with E-state index in [4.69, 9.17) is 4.74 Å². The predicted molar refractivity (Wildman–Crippen MR) is 92.8 cm³/mol. The summed E-state index contributed by atoms with van der Waals surface area (Å²) in [6, 6.07) is 17.2. The van der Waals surface area contributed by atoms with Gasteiger partial charge in [0.1, 0.15) is 12.3 Å². The maximum absolute atomic E-state index is 11.8.